The SMILES string of the molecule is COC(=O)CCCN1C(=S)N[C@H](c2ccccn2)[C@@H]1c1cc(Br)cs1. The van der Waals surface area contributed by atoms with Gasteiger partial charge < -0.3 is 15.0 Å². The van der Waals surface area contributed by atoms with E-state index in [0.717, 1.165) is 10.2 Å². The largest absolute Gasteiger partial charge is 0.469 e. The molecule has 0 spiro atoms. The summed E-state index contributed by atoms with van der Waals surface area (Å²) >= 11 is 10.8. The van der Waals surface area contributed by atoms with Crippen molar-refractivity contribution >= 4 is 50.6 Å². The highest BCUT2D eigenvalue weighted by Gasteiger charge is 2.40. The average Bonchev–Trinajstić information content (AvgIpc) is 3.19. The van der Waals surface area contributed by atoms with Crippen LogP contribution in [0.3, 0.4) is 0 Å². The van der Waals surface area contributed by atoms with Crippen molar-refractivity contribution in [3.8, 4) is 0 Å². The highest BCUT2D eigenvalue weighted by atomic mass is 79.9. The molecular formula is C17H18BrN3O2S2. The maximum Gasteiger partial charge on any atom is 0.305 e. The number of aromatic nitrogens is 1. The number of carbonyl (C=O) groups excluding carboxylic acids is 1. The summed E-state index contributed by atoms with van der Waals surface area (Å²) in [6.45, 7) is 0.685. The van der Waals surface area contributed by atoms with Crippen molar-refractivity contribution in [3.63, 3.8) is 0 Å². The van der Waals surface area contributed by atoms with Gasteiger partial charge in [-0.05, 0) is 52.8 Å². The van der Waals surface area contributed by atoms with Gasteiger partial charge in [0.25, 0.3) is 0 Å². The van der Waals surface area contributed by atoms with Gasteiger partial charge in [0.05, 0.1) is 24.9 Å². The van der Waals surface area contributed by atoms with Gasteiger partial charge in [-0.3, -0.25) is 9.78 Å². The number of carbonyl (C=O) groups is 1. The van der Waals surface area contributed by atoms with Gasteiger partial charge in [0.15, 0.2) is 5.11 Å². The first-order valence-corrected chi connectivity index (χ1v) is 9.97. The molecule has 2 atom stereocenters. The van der Waals surface area contributed by atoms with E-state index in [2.05, 4.69) is 42.6 Å². The highest BCUT2D eigenvalue weighted by Crippen LogP contribution is 2.41. The number of hydrogen-bond acceptors (Lipinski definition) is 5. The molecule has 1 N–H and O–H groups in total. The van der Waals surface area contributed by atoms with E-state index in [1.165, 1.54) is 12.0 Å². The molecule has 0 aliphatic carbocycles. The minimum atomic E-state index is -0.199. The highest BCUT2D eigenvalue weighted by molar-refractivity contribution is 9.10. The minimum absolute atomic E-state index is 0.0163. The van der Waals surface area contributed by atoms with Crippen molar-refractivity contribution in [3.05, 3.63) is 50.9 Å². The number of hydrogen-bond donors (Lipinski definition) is 1. The molecule has 3 rings (SSSR count). The van der Waals surface area contributed by atoms with E-state index in [1.807, 2.05) is 18.2 Å². The lowest BCUT2D eigenvalue weighted by Crippen LogP contribution is -2.30. The topological polar surface area (TPSA) is 54.5 Å². The van der Waals surface area contributed by atoms with E-state index >= 15 is 0 Å². The monoisotopic (exact) mass is 439 g/mol. The molecule has 25 heavy (non-hydrogen) atoms. The summed E-state index contributed by atoms with van der Waals surface area (Å²) in [6.07, 6.45) is 2.86. The summed E-state index contributed by atoms with van der Waals surface area (Å²) in [5.41, 5.74) is 0.954. The Balaban J connectivity index is 1.85. The molecule has 0 bridgehead atoms. The Morgan fingerprint density at radius 1 is 1.52 bits per heavy atom. The van der Waals surface area contributed by atoms with Crippen molar-refractivity contribution in [1.29, 1.82) is 0 Å². The zero-order valence-electron chi connectivity index (χ0n) is 13.6. The van der Waals surface area contributed by atoms with Gasteiger partial charge >= 0.3 is 5.97 Å². The Bertz CT molecular complexity index is 753. The molecule has 0 aromatic carbocycles. The fraction of sp³-hybridized carbons (Fsp3) is 0.353. The van der Waals surface area contributed by atoms with Crippen LogP contribution in [0.4, 0.5) is 0 Å². The van der Waals surface area contributed by atoms with Crippen LogP contribution in [-0.4, -0.2) is 34.6 Å². The summed E-state index contributed by atoms with van der Waals surface area (Å²) < 4.78 is 5.78. The zero-order valence-corrected chi connectivity index (χ0v) is 16.9. The molecular weight excluding hydrogens is 422 g/mol. The summed E-state index contributed by atoms with van der Waals surface area (Å²) in [5.74, 6) is -0.199. The molecule has 1 aliphatic rings. The number of ether oxygens (including phenoxy) is 1. The molecule has 1 saturated heterocycles. The number of methoxy groups -OCH3 is 1. The Kier molecular flexibility index (Phi) is 6.03. The van der Waals surface area contributed by atoms with E-state index in [-0.39, 0.29) is 18.1 Å². The molecule has 1 aliphatic heterocycles. The van der Waals surface area contributed by atoms with E-state index in [9.17, 15) is 4.79 Å². The Morgan fingerprint density at radius 3 is 3.00 bits per heavy atom. The zero-order chi connectivity index (χ0) is 17.8. The number of rotatable bonds is 6. The summed E-state index contributed by atoms with van der Waals surface area (Å²) in [4.78, 5) is 19.3. The smallest absolute Gasteiger partial charge is 0.305 e. The molecule has 3 heterocycles. The Hall–Kier alpha value is -1.51. The number of esters is 1. The maximum atomic E-state index is 11.4. The second kappa shape index (κ2) is 8.25. The van der Waals surface area contributed by atoms with Crippen LogP contribution in [0, 0.1) is 0 Å². The summed E-state index contributed by atoms with van der Waals surface area (Å²) in [7, 11) is 1.41. The molecule has 0 amide bonds. The number of nitrogens with zero attached hydrogens (tertiary/aromatic N) is 2. The van der Waals surface area contributed by atoms with Crippen LogP contribution in [0.15, 0.2) is 40.3 Å². The second-order valence-corrected chi connectivity index (χ2v) is 7.91. The first kappa shape index (κ1) is 18.3. The van der Waals surface area contributed by atoms with E-state index < -0.39 is 0 Å². The molecule has 8 heteroatoms. The van der Waals surface area contributed by atoms with Gasteiger partial charge in [-0.2, -0.15) is 0 Å². The molecule has 132 valence electrons. The van der Waals surface area contributed by atoms with Crippen LogP contribution in [0.25, 0.3) is 0 Å². The van der Waals surface area contributed by atoms with Gasteiger partial charge in [0.1, 0.15) is 0 Å². The van der Waals surface area contributed by atoms with Crippen LogP contribution in [-0.2, 0) is 9.53 Å². The Labute approximate surface area is 164 Å². The van der Waals surface area contributed by atoms with Gasteiger partial charge in [-0.1, -0.05) is 6.07 Å². The molecule has 1 fully saturated rings. The molecule has 5 nitrogen and oxygen atoms in total. The van der Waals surface area contributed by atoms with Gasteiger partial charge in [-0.15, -0.1) is 11.3 Å². The van der Waals surface area contributed by atoms with Crippen LogP contribution in [0.5, 0.6) is 0 Å². The van der Waals surface area contributed by atoms with E-state index in [1.54, 1.807) is 17.5 Å². The minimum Gasteiger partial charge on any atom is -0.469 e. The fourth-order valence-electron chi connectivity index (χ4n) is 2.93. The first-order chi connectivity index (χ1) is 12.1. The number of pyridine rings is 1. The molecule has 2 aromatic heterocycles. The number of thiocarbonyl (C=S) groups is 1. The normalized spacial score (nSPS) is 19.8. The molecule has 0 radical (unpaired) electrons. The number of nitrogens with one attached hydrogen (secondary N) is 1. The third-order valence-electron chi connectivity index (χ3n) is 4.08. The van der Waals surface area contributed by atoms with Crippen LogP contribution < -0.4 is 5.32 Å². The lowest BCUT2D eigenvalue weighted by Gasteiger charge is -2.26. The molecule has 0 saturated carbocycles. The summed E-state index contributed by atoms with van der Waals surface area (Å²) in [5, 5.41) is 6.16. The molecule has 0 unspecified atom stereocenters. The van der Waals surface area contributed by atoms with Crippen LogP contribution in [0.2, 0.25) is 0 Å². The van der Waals surface area contributed by atoms with E-state index in [4.69, 9.17) is 17.0 Å². The maximum absolute atomic E-state index is 11.4. The average molecular weight is 440 g/mol. The fourth-order valence-corrected chi connectivity index (χ4v) is 4.86. The third kappa shape index (κ3) is 4.19. The predicted molar refractivity (Wildman–Crippen MR) is 105 cm³/mol. The number of thiophene rings is 1. The van der Waals surface area contributed by atoms with Gasteiger partial charge in [0, 0.05) is 33.9 Å². The quantitative estimate of drug-likeness (QED) is 0.545. The second-order valence-electron chi connectivity index (χ2n) is 5.67. The molecule has 2 aromatic rings. The first-order valence-electron chi connectivity index (χ1n) is 7.89. The predicted octanol–water partition coefficient (Wildman–Crippen LogP) is 3.83. The summed E-state index contributed by atoms with van der Waals surface area (Å²) in [6, 6.07) is 8.05. The van der Waals surface area contributed by atoms with Crippen molar-refractivity contribution < 1.29 is 9.53 Å². The van der Waals surface area contributed by atoms with Crippen molar-refractivity contribution in [2.24, 2.45) is 0 Å². The number of halogens is 1. The third-order valence-corrected chi connectivity index (χ3v) is 6.20. The van der Waals surface area contributed by atoms with Crippen molar-refractivity contribution in [2.75, 3.05) is 13.7 Å². The lowest BCUT2D eigenvalue weighted by atomic mass is 10.0. The Morgan fingerprint density at radius 2 is 2.36 bits per heavy atom. The van der Waals surface area contributed by atoms with Crippen molar-refractivity contribution in [1.82, 2.24) is 15.2 Å². The van der Waals surface area contributed by atoms with E-state index in [0.29, 0.717) is 24.5 Å². The van der Waals surface area contributed by atoms with Crippen LogP contribution >= 0.6 is 39.5 Å². The lowest BCUT2D eigenvalue weighted by molar-refractivity contribution is -0.140. The standard InChI is InChI=1S/C17H18BrN3O2S2/c1-23-14(22)6-4-8-21-16(13-9-11(18)10-25-13)15(20-17(21)24)12-5-2-3-7-19-12/h2-3,5,7,9-10,15-16H,4,6,8H2,1H3,(H,20,24)/t15-,16+/m1/s1. The van der Waals surface area contributed by atoms with Crippen molar-refractivity contribution in [2.45, 2.75) is 24.9 Å². The van der Waals surface area contributed by atoms with Crippen LogP contribution in [0.1, 0.15) is 35.5 Å². The van der Waals surface area contributed by atoms with Gasteiger partial charge in [0.2, 0.25) is 0 Å². The van der Waals surface area contributed by atoms with Gasteiger partial charge in [-0.25, -0.2) is 0 Å².